The molecule has 36 heavy (non-hydrogen) atoms. The van der Waals surface area contributed by atoms with Gasteiger partial charge in [-0.15, -0.1) is 0 Å². The topological polar surface area (TPSA) is 65.1 Å². The van der Waals surface area contributed by atoms with Crippen molar-refractivity contribution in [1.82, 2.24) is 9.80 Å². The zero-order valence-corrected chi connectivity index (χ0v) is 21.6. The van der Waals surface area contributed by atoms with Gasteiger partial charge in [0.1, 0.15) is 17.6 Å². The van der Waals surface area contributed by atoms with Crippen LogP contribution in [-0.2, 0) is 9.59 Å². The van der Waals surface area contributed by atoms with Crippen molar-refractivity contribution < 1.29 is 18.7 Å². The fraction of sp³-hybridized carbons (Fsp3) is 0.444. The largest absolute Gasteiger partial charge is 0.494 e. The van der Waals surface area contributed by atoms with Gasteiger partial charge in [-0.05, 0) is 99.5 Å². The number of ether oxygens (including phenoxy) is 1. The van der Waals surface area contributed by atoms with Crippen molar-refractivity contribution in [3.05, 3.63) is 54.3 Å². The normalized spacial score (nSPS) is 19.1. The summed E-state index contributed by atoms with van der Waals surface area (Å²) >= 11 is 5.77. The highest BCUT2D eigenvalue weighted by atomic mass is 32.1. The van der Waals surface area contributed by atoms with Gasteiger partial charge in [0, 0.05) is 18.8 Å². The molecular formula is C27H33FN4O3S. The second kappa shape index (κ2) is 11.8. The summed E-state index contributed by atoms with van der Waals surface area (Å²) in [5.74, 6) is 0.506. The molecule has 192 valence electrons. The first-order valence-electron chi connectivity index (χ1n) is 12.5. The molecule has 0 saturated carbocycles. The molecule has 7 nitrogen and oxygen atoms in total. The lowest BCUT2D eigenvalue weighted by Crippen LogP contribution is -2.44. The number of hydrogen-bond acceptors (Lipinski definition) is 5. The molecule has 0 radical (unpaired) electrons. The van der Waals surface area contributed by atoms with Crippen LogP contribution in [0.4, 0.5) is 15.8 Å². The number of benzene rings is 2. The Labute approximate surface area is 217 Å². The molecule has 0 unspecified atom stereocenters. The smallest absolute Gasteiger partial charge is 0.256 e. The van der Waals surface area contributed by atoms with E-state index in [0.29, 0.717) is 35.4 Å². The minimum absolute atomic E-state index is 0.0546. The van der Waals surface area contributed by atoms with E-state index in [1.54, 1.807) is 12.1 Å². The van der Waals surface area contributed by atoms with E-state index >= 15 is 0 Å². The number of rotatable bonds is 9. The molecule has 2 saturated heterocycles. The average molecular weight is 513 g/mol. The van der Waals surface area contributed by atoms with Gasteiger partial charge in [0.25, 0.3) is 5.91 Å². The van der Waals surface area contributed by atoms with Crippen molar-refractivity contribution in [1.29, 1.82) is 0 Å². The van der Waals surface area contributed by atoms with Crippen molar-refractivity contribution in [2.45, 2.75) is 39.2 Å². The summed E-state index contributed by atoms with van der Waals surface area (Å²) in [6.07, 6.45) is 2.26. The Balaban J connectivity index is 1.50. The van der Waals surface area contributed by atoms with E-state index in [0.717, 1.165) is 38.4 Å². The molecule has 4 rings (SSSR count). The van der Waals surface area contributed by atoms with Crippen molar-refractivity contribution in [3.63, 3.8) is 0 Å². The van der Waals surface area contributed by atoms with Gasteiger partial charge in [-0.3, -0.25) is 14.5 Å². The molecule has 0 bridgehead atoms. The van der Waals surface area contributed by atoms with Crippen LogP contribution in [0.15, 0.2) is 48.5 Å². The maximum Gasteiger partial charge on any atom is 0.256 e. The number of thiocarbonyl (C=S) groups is 1. The number of hydrogen-bond donors (Lipinski definition) is 1. The number of nitrogens with zero attached hydrogens (tertiary/aromatic N) is 3. The fourth-order valence-corrected chi connectivity index (χ4v) is 5.05. The second-order valence-corrected chi connectivity index (χ2v) is 9.74. The van der Waals surface area contributed by atoms with E-state index in [4.69, 9.17) is 17.0 Å². The Morgan fingerprint density at radius 1 is 1.08 bits per heavy atom. The zero-order valence-electron chi connectivity index (χ0n) is 20.8. The fourth-order valence-electron chi connectivity index (χ4n) is 4.64. The minimum Gasteiger partial charge on any atom is -0.494 e. The number of nitrogens with one attached hydrogen (secondary N) is 1. The lowest BCUT2D eigenvalue weighted by atomic mass is 9.99. The molecule has 2 heterocycles. The molecule has 2 amide bonds. The molecule has 2 fully saturated rings. The van der Waals surface area contributed by atoms with Crippen LogP contribution in [0.1, 0.15) is 33.1 Å². The highest BCUT2D eigenvalue weighted by Gasteiger charge is 2.44. The third-order valence-electron chi connectivity index (χ3n) is 6.76. The Bertz CT molecular complexity index is 1070. The quantitative estimate of drug-likeness (QED) is 0.506. The predicted octanol–water partition coefficient (Wildman–Crippen LogP) is 4.29. The molecule has 1 atom stereocenters. The van der Waals surface area contributed by atoms with Crippen LogP contribution < -0.4 is 15.0 Å². The van der Waals surface area contributed by atoms with Crippen LogP contribution in [0, 0.1) is 11.7 Å². The summed E-state index contributed by atoms with van der Waals surface area (Å²) in [4.78, 5) is 32.2. The van der Waals surface area contributed by atoms with Crippen LogP contribution in [0.25, 0.3) is 0 Å². The van der Waals surface area contributed by atoms with Gasteiger partial charge in [0.15, 0.2) is 5.11 Å². The molecule has 2 aromatic carbocycles. The number of halogens is 1. The summed E-state index contributed by atoms with van der Waals surface area (Å²) in [5, 5.41) is 3.16. The van der Waals surface area contributed by atoms with Crippen molar-refractivity contribution in [3.8, 4) is 5.75 Å². The number of amides is 2. The Kier molecular flexibility index (Phi) is 8.53. The number of likely N-dealkylation sites (tertiary alicyclic amines) is 1. The van der Waals surface area contributed by atoms with Gasteiger partial charge in [0.05, 0.1) is 18.7 Å². The van der Waals surface area contributed by atoms with Crippen LogP contribution in [0.5, 0.6) is 5.75 Å². The number of piperidine rings is 1. The standard InChI is InChI=1S/C27H33FN4O3S/c1-3-35-23-10-8-22(9-11-23)32-26(34)24(18-25(33)29-21-6-4-20(28)5-7-21)31(27(32)36)17-16-30-14-12-19(2)13-15-30/h4-11,19,24H,3,12-18H2,1-2H3,(H,29,33)/t24-/m0/s1. The monoisotopic (exact) mass is 512 g/mol. The molecule has 9 heteroatoms. The Morgan fingerprint density at radius 2 is 1.75 bits per heavy atom. The van der Waals surface area contributed by atoms with Crippen LogP contribution in [0.3, 0.4) is 0 Å². The van der Waals surface area contributed by atoms with E-state index in [2.05, 4.69) is 17.1 Å². The molecular weight excluding hydrogens is 479 g/mol. The molecule has 2 aliphatic rings. The van der Waals surface area contributed by atoms with Gasteiger partial charge >= 0.3 is 0 Å². The van der Waals surface area contributed by atoms with Crippen molar-refractivity contribution in [2.24, 2.45) is 5.92 Å². The van der Waals surface area contributed by atoms with Gasteiger partial charge in [-0.25, -0.2) is 4.39 Å². The third kappa shape index (κ3) is 6.20. The molecule has 1 N–H and O–H groups in total. The molecule has 0 spiro atoms. The average Bonchev–Trinajstić information content (AvgIpc) is 3.09. The highest BCUT2D eigenvalue weighted by molar-refractivity contribution is 7.80. The van der Waals surface area contributed by atoms with Crippen LogP contribution in [-0.4, -0.2) is 65.6 Å². The zero-order chi connectivity index (χ0) is 25.7. The first-order valence-corrected chi connectivity index (χ1v) is 12.9. The van der Waals surface area contributed by atoms with E-state index in [1.807, 2.05) is 24.0 Å². The van der Waals surface area contributed by atoms with Gasteiger partial charge in [0.2, 0.25) is 5.91 Å². The van der Waals surface area contributed by atoms with Gasteiger partial charge in [-0.2, -0.15) is 0 Å². The Morgan fingerprint density at radius 3 is 2.39 bits per heavy atom. The summed E-state index contributed by atoms with van der Waals surface area (Å²) in [5.41, 5.74) is 1.12. The first kappa shape index (κ1) is 26.0. The first-order chi connectivity index (χ1) is 17.4. The predicted molar refractivity (Wildman–Crippen MR) is 143 cm³/mol. The van der Waals surface area contributed by atoms with E-state index in [9.17, 15) is 14.0 Å². The summed E-state index contributed by atoms with van der Waals surface area (Å²) in [6.45, 7) is 8.11. The molecule has 0 aromatic heterocycles. The molecule has 2 aliphatic heterocycles. The number of carbonyl (C=O) groups excluding carboxylic acids is 2. The summed E-state index contributed by atoms with van der Waals surface area (Å²) in [7, 11) is 0. The second-order valence-electron chi connectivity index (χ2n) is 9.38. The minimum atomic E-state index is -0.715. The maximum atomic E-state index is 13.6. The van der Waals surface area contributed by atoms with Crippen molar-refractivity contribution >= 4 is 40.5 Å². The lowest BCUT2D eigenvalue weighted by Gasteiger charge is -2.32. The van der Waals surface area contributed by atoms with Gasteiger partial charge in [-0.1, -0.05) is 6.92 Å². The third-order valence-corrected chi connectivity index (χ3v) is 7.18. The number of anilines is 2. The van der Waals surface area contributed by atoms with E-state index < -0.39 is 6.04 Å². The Hall–Kier alpha value is -3.04. The summed E-state index contributed by atoms with van der Waals surface area (Å²) in [6, 6.07) is 12.1. The highest BCUT2D eigenvalue weighted by Crippen LogP contribution is 2.29. The van der Waals surface area contributed by atoms with Crippen LogP contribution in [0.2, 0.25) is 0 Å². The summed E-state index contributed by atoms with van der Waals surface area (Å²) < 4.78 is 18.8. The van der Waals surface area contributed by atoms with Gasteiger partial charge < -0.3 is 19.9 Å². The van der Waals surface area contributed by atoms with E-state index in [1.165, 1.54) is 29.2 Å². The van der Waals surface area contributed by atoms with E-state index in [-0.39, 0.29) is 24.1 Å². The maximum absolute atomic E-state index is 13.6. The lowest BCUT2D eigenvalue weighted by molar-refractivity contribution is -0.124. The molecule has 0 aliphatic carbocycles. The van der Waals surface area contributed by atoms with Crippen molar-refractivity contribution in [2.75, 3.05) is 43.0 Å². The molecule has 2 aromatic rings. The SMILES string of the molecule is CCOc1ccc(N2C(=O)[C@H](CC(=O)Nc3ccc(F)cc3)N(CCN3CCC(C)CC3)C2=S)cc1. The number of carbonyl (C=O) groups is 2. The van der Waals surface area contributed by atoms with Crippen LogP contribution >= 0.6 is 12.2 Å².